The summed E-state index contributed by atoms with van der Waals surface area (Å²) >= 11 is 11.9. The van der Waals surface area contributed by atoms with Gasteiger partial charge in [0.05, 0.1) is 0 Å². The van der Waals surface area contributed by atoms with Crippen LogP contribution in [0.5, 0.6) is 0 Å². The molecule has 0 bridgehead atoms. The van der Waals surface area contributed by atoms with Crippen molar-refractivity contribution in [2.24, 2.45) is 5.92 Å². The summed E-state index contributed by atoms with van der Waals surface area (Å²) in [6, 6.07) is 6.14. The zero-order chi connectivity index (χ0) is 12.1. The van der Waals surface area contributed by atoms with Crippen LogP contribution in [-0.4, -0.2) is 6.04 Å². The number of nitrogens with one attached hydrogen (secondary N) is 1. The second kappa shape index (κ2) is 6.48. The molecule has 1 N–H and O–H groups in total. The minimum atomic E-state index is 0.506. The van der Waals surface area contributed by atoms with Crippen LogP contribution in [0.25, 0.3) is 0 Å². The predicted octanol–water partition coefficient (Wildman–Crippen LogP) is 4.52. The summed E-state index contributed by atoms with van der Waals surface area (Å²) < 4.78 is 0. The molecule has 1 rings (SSSR count). The Balaban J connectivity index is 2.48. The Morgan fingerprint density at radius 2 is 1.88 bits per heavy atom. The topological polar surface area (TPSA) is 12.0 Å². The Hall–Kier alpha value is -0.240. The average molecular weight is 260 g/mol. The van der Waals surface area contributed by atoms with E-state index >= 15 is 0 Å². The van der Waals surface area contributed by atoms with Crippen LogP contribution in [0.1, 0.15) is 32.8 Å². The van der Waals surface area contributed by atoms with Crippen LogP contribution < -0.4 is 5.32 Å². The van der Waals surface area contributed by atoms with Gasteiger partial charge in [-0.1, -0.05) is 43.1 Å². The van der Waals surface area contributed by atoms with Gasteiger partial charge in [0.2, 0.25) is 0 Å². The standard InChI is InChI=1S/C13H19Cl2N/c1-9(2)6-10(3)16-8-11-4-5-12(14)7-13(11)15/h4-5,7,9-10,16H,6,8H2,1-3H3. The van der Waals surface area contributed by atoms with E-state index in [1.54, 1.807) is 6.07 Å². The lowest BCUT2D eigenvalue weighted by Gasteiger charge is -2.16. The van der Waals surface area contributed by atoms with Crippen LogP contribution in [0.4, 0.5) is 0 Å². The number of benzene rings is 1. The van der Waals surface area contributed by atoms with E-state index < -0.39 is 0 Å². The third-order valence-corrected chi connectivity index (χ3v) is 3.07. The highest BCUT2D eigenvalue weighted by molar-refractivity contribution is 6.35. The number of rotatable bonds is 5. The molecule has 0 saturated heterocycles. The zero-order valence-electron chi connectivity index (χ0n) is 10.1. The lowest BCUT2D eigenvalue weighted by atomic mass is 10.1. The first-order valence-electron chi connectivity index (χ1n) is 5.66. The smallest absolute Gasteiger partial charge is 0.0465 e. The van der Waals surface area contributed by atoms with Gasteiger partial charge in [-0.2, -0.15) is 0 Å². The molecule has 1 aromatic carbocycles. The van der Waals surface area contributed by atoms with Gasteiger partial charge in [-0.25, -0.2) is 0 Å². The average Bonchev–Trinajstić information content (AvgIpc) is 2.15. The molecule has 1 unspecified atom stereocenters. The van der Waals surface area contributed by atoms with Crippen molar-refractivity contribution in [3.63, 3.8) is 0 Å². The first-order valence-corrected chi connectivity index (χ1v) is 6.42. The van der Waals surface area contributed by atoms with Crippen molar-refractivity contribution < 1.29 is 0 Å². The van der Waals surface area contributed by atoms with E-state index in [0.29, 0.717) is 17.0 Å². The van der Waals surface area contributed by atoms with Crippen molar-refractivity contribution in [2.45, 2.75) is 39.8 Å². The molecule has 1 atom stereocenters. The van der Waals surface area contributed by atoms with Gasteiger partial charge in [-0.15, -0.1) is 0 Å². The summed E-state index contributed by atoms with van der Waals surface area (Å²) in [5.41, 5.74) is 1.10. The second-order valence-corrected chi connectivity index (χ2v) is 5.49. The molecule has 0 aliphatic rings. The van der Waals surface area contributed by atoms with Crippen molar-refractivity contribution >= 4 is 23.2 Å². The molecule has 3 heteroatoms. The molecule has 0 spiro atoms. The molecule has 0 aromatic heterocycles. The van der Waals surface area contributed by atoms with Crippen molar-refractivity contribution in [1.29, 1.82) is 0 Å². The summed E-state index contributed by atoms with van der Waals surface area (Å²) in [6.07, 6.45) is 1.17. The van der Waals surface area contributed by atoms with Crippen LogP contribution in [0.2, 0.25) is 10.0 Å². The van der Waals surface area contributed by atoms with Crippen LogP contribution in [0.3, 0.4) is 0 Å². The Morgan fingerprint density at radius 1 is 1.19 bits per heavy atom. The van der Waals surface area contributed by atoms with Crippen molar-refractivity contribution in [2.75, 3.05) is 0 Å². The Morgan fingerprint density at radius 3 is 2.44 bits per heavy atom. The molecular weight excluding hydrogens is 241 g/mol. The summed E-state index contributed by atoms with van der Waals surface area (Å²) in [7, 11) is 0. The normalized spacial score (nSPS) is 13.1. The maximum atomic E-state index is 6.09. The van der Waals surface area contributed by atoms with Gasteiger partial charge in [-0.3, -0.25) is 0 Å². The van der Waals surface area contributed by atoms with Gasteiger partial charge in [0, 0.05) is 22.6 Å². The Bertz CT molecular complexity index is 337. The van der Waals surface area contributed by atoms with Crippen LogP contribution in [0, 0.1) is 5.92 Å². The zero-order valence-corrected chi connectivity index (χ0v) is 11.6. The van der Waals surface area contributed by atoms with Crippen LogP contribution in [0.15, 0.2) is 18.2 Å². The lowest BCUT2D eigenvalue weighted by molar-refractivity contribution is 0.441. The minimum Gasteiger partial charge on any atom is -0.310 e. The highest BCUT2D eigenvalue weighted by Crippen LogP contribution is 2.21. The molecule has 0 heterocycles. The van der Waals surface area contributed by atoms with E-state index in [9.17, 15) is 0 Å². The van der Waals surface area contributed by atoms with Gasteiger partial charge in [-0.05, 0) is 37.0 Å². The molecule has 0 fully saturated rings. The maximum absolute atomic E-state index is 6.09. The minimum absolute atomic E-state index is 0.506. The van der Waals surface area contributed by atoms with Gasteiger partial charge >= 0.3 is 0 Å². The van der Waals surface area contributed by atoms with E-state index in [0.717, 1.165) is 17.1 Å². The van der Waals surface area contributed by atoms with Gasteiger partial charge < -0.3 is 5.32 Å². The Labute approximate surface area is 108 Å². The van der Waals surface area contributed by atoms with Gasteiger partial charge in [0.1, 0.15) is 0 Å². The quantitative estimate of drug-likeness (QED) is 0.820. The SMILES string of the molecule is CC(C)CC(C)NCc1ccc(Cl)cc1Cl. The summed E-state index contributed by atoms with van der Waals surface area (Å²) in [5, 5.41) is 4.88. The number of halogens is 2. The molecule has 0 radical (unpaired) electrons. The van der Waals surface area contributed by atoms with E-state index in [2.05, 4.69) is 26.1 Å². The largest absolute Gasteiger partial charge is 0.310 e. The highest BCUT2D eigenvalue weighted by atomic mass is 35.5. The summed E-state index contributed by atoms with van der Waals surface area (Å²) in [4.78, 5) is 0. The Kier molecular flexibility index (Phi) is 5.60. The lowest BCUT2D eigenvalue weighted by Crippen LogP contribution is -2.26. The molecule has 0 aliphatic heterocycles. The van der Waals surface area contributed by atoms with Gasteiger partial charge in [0.25, 0.3) is 0 Å². The summed E-state index contributed by atoms with van der Waals surface area (Å²) in [5.74, 6) is 0.711. The molecular formula is C13H19Cl2N. The van der Waals surface area contributed by atoms with Crippen LogP contribution in [-0.2, 0) is 6.54 Å². The summed E-state index contributed by atoms with van der Waals surface area (Å²) in [6.45, 7) is 7.45. The molecule has 0 aliphatic carbocycles. The molecule has 1 aromatic rings. The molecule has 0 amide bonds. The molecule has 16 heavy (non-hydrogen) atoms. The molecule has 0 saturated carbocycles. The number of hydrogen-bond donors (Lipinski definition) is 1. The highest BCUT2D eigenvalue weighted by Gasteiger charge is 2.06. The third kappa shape index (κ3) is 4.73. The van der Waals surface area contributed by atoms with Crippen molar-refractivity contribution in [3.8, 4) is 0 Å². The fraction of sp³-hybridized carbons (Fsp3) is 0.538. The van der Waals surface area contributed by atoms with Crippen LogP contribution >= 0.6 is 23.2 Å². The molecule has 1 nitrogen and oxygen atoms in total. The van der Waals surface area contributed by atoms with E-state index in [4.69, 9.17) is 23.2 Å². The van der Waals surface area contributed by atoms with Crippen molar-refractivity contribution in [3.05, 3.63) is 33.8 Å². The molecule has 90 valence electrons. The van der Waals surface area contributed by atoms with E-state index in [-0.39, 0.29) is 0 Å². The predicted molar refractivity (Wildman–Crippen MR) is 72.2 cm³/mol. The van der Waals surface area contributed by atoms with Gasteiger partial charge in [0.15, 0.2) is 0 Å². The first-order chi connectivity index (χ1) is 7.49. The second-order valence-electron chi connectivity index (χ2n) is 4.65. The van der Waals surface area contributed by atoms with E-state index in [1.165, 1.54) is 6.42 Å². The maximum Gasteiger partial charge on any atom is 0.0465 e. The van der Waals surface area contributed by atoms with E-state index in [1.807, 2.05) is 12.1 Å². The fourth-order valence-electron chi connectivity index (χ4n) is 1.74. The third-order valence-electron chi connectivity index (χ3n) is 2.48. The monoisotopic (exact) mass is 259 g/mol. The fourth-order valence-corrected chi connectivity index (χ4v) is 2.21. The first kappa shape index (κ1) is 13.8. The van der Waals surface area contributed by atoms with Crippen molar-refractivity contribution in [1.82, 2.24) is 5.32 Å². The number of hydrogen-bond acceptors (Lipinski definition) is 1.